The Kier molecular flexibility index (Phi) is 4.75. The number of fused-ring (bicyclic) bond motifs is 1. The van der Waals surface area contributed by atoms with E-state index in [2.05, 4.69) is 25.5 Å². The zero-order valence-electron chi connectivity index (χ0n) is 15.2. The van der Waals surface area contributed by atoms with Gasteiger partial charge in [-0.25, -0.2) is 9.97 Å². The van der Waals surface area contributed by atoms with E-state index >= 15 is 0 Å². The van der Waals surface area contributed by atoms with Crippen molar-refractivity contribution in [2.75, 3.05) is 11.9 Å². The van der Waals surface area contributed by atoms with Crippen LogP contribution in [-0.4, -0.2) is 31.4 Å². The van der Waals surface area contributed by atoms with Crippen LogP contribution in [0.5, 0.6) is 5.88 Å². The highest BCUT2D eigenvalue weighted by atomic mass is 19.4. The van der Waals surface area contributed by atoms with E-state index in [1.165, 1.54) is 23.0 Å². The second-order valence-electron chi connectivity index (χ2n) is 6.01. The number of nitrogens with one attached hydrogen (secondary N) is 1. The summed E-state index contributed by atoms with van der Waals surface area (Å²) < 4.78 is 45.5. The molecule has 0 unspecified atom stereocenters. The Morgan fingerprint density at radius 3 is 2.79 bits per heavy atom. The van der Waals surface area contributed by atoms with E-state index in [9.17, 15) is 13.2 Å². The SMILES string of the molecule is CCOc1ccc2c(-c3ccnc(Nc4cccc(C(F)(F)F)c4)n3)cnn2n1. The van der Waals surface area contributed by atoms with Gasteiger partial charge in [0.05, 0.1) is 29.6 Å². The second kappa shape index (κ2) is 7.38. The third kappa shape index (κ3) is 3.96. The summed E-state index contributed by atoms with van der Waals surface area (Å²) in [6.07, 6.45) is -1.30. The Labute approximate surface area is 163 Å². The van der Waals surface area contributed by atoms with E-state index in [1.54, 1.807) is 18.3 Å². The number of halogens is 3. The fraction of sp³-hybridized carbons (Fsp3) is 0.158. The second-order valence-corrected chi connectivity index (χ2v) is 6.01. The summed E-state index contributed by atoms with van der Waals surface area (Å²) in [5, 5.41) is 11.3. The fourth-order valence-electron chi connectivity index (χ4n) is 2.76. The van der Waals surface area contributed by atoms with Crippen molar-refractivity contribution in [3.8, 4) is 17.1 Å². The molecule has 4 rings (SSSR count). The van der Waals surface area contributed by atoms with Gasteiger partial charge >= 0.3 is 6.18 Å². The van der Waals surface area contributed by atoms with Gasteiger partial charge in [0.2, 0.25) is 11.8 Å². The number of benzene rings is 1. The zero-order valence-corrected chi connectivity index (χ0v) is 15.2. The molecule has 10 heteroatoms. The first-order valence-corrected chi connectivity index (χ1v) is 8.69. The highest BCUT2D eigenvalue weighted by Crippen LogP contribution is 2.31. The number of aromatic nitrogens is 5. The lowest BCUT2D eigenvalue weighted by Crippen LogP contribution is -2.05. The number of hydrogen-bond donors (Lipinski definition) is 1. The number of alkyl halides is 3. The van der Waals surface area contributed by atoms with Crippen LogP contribution in [0.2, 0.25) is 0 Å². The first-order valence-electron chi connectivity index (χ1n) is 8.69. The Morgan fingerprint density at radius 1 is 1.14 bits per heavy atom. The smallest absolute Gasteiger partial charge is 0.416 e. The van der Waals surface area contributed by atoms with Crippen LogP contribution in [0.25, 0.3) is 16.8 Å². The predicted octanol–water partition coefficient (Wildman–Crippen LogP) is 4.35. The third-order valence-electron chi connectivity index (χ3n) is 4.03. The van der Waals surface area contributed by atoms with Crippen LogP contribution in [0.3, 0.4) is 0 Å². The molecule has 0 amide bonds. The van der Waals surface area contributed by atoms with Gasteiger partial charge in [-0.2, -0.15) is 18.3 Å². The number of anilines is 2. The fourth-order valence-corrected chi connectivity index (χ4v) is 2.76. The predicted molar refractivity (Wildman–Crippen MR) is 99.9 cm³/mol. The first kappa shape index (κ1) is 18.7. The molecule has 3 aromatic heterocycles. The van der Waals surface area contributed by atoms with Gasteiger partial charge in [-0.15, -0.1) is 9.73 Å². The van der Waals surface area contributed by atoms with Gasteiger partial charge < -0.3 is 10.1 Å². The summed E-state index contributed by atoms with van der Waals surface area (Å²) >= 11 is 0. The monoisotopic (exact) mass is 400 g/mol. The summed E-state index contributed by atoms with van der Waals surface area (Å²) in [5.41, 5.74) is 1.44. The Hall–Kier alpha value is -3.69. The number of hydrogen-bond acceptors (Lipinski definition) is 6. The minimum absolute atomic E-state index is 0.167. The lowest BCUT2D eigenvalue weighted by molar-refractivity contribution is -0.137. The summed E-state index contributed by atoms with van der Waals surface area (Å²) in [6, 6.07) is 10.1. The number of rotatable bonds is 5. The molecular formula is C19H15F3N6O. The van der Waals surface area contributed by atoms with E-state index in [-0.39, 0.29) is 11.6 Å². The van der Waals surface area contributed by atoms with Crippen LogP contribution < -0.4 is 10.1 Å². The molecule has 0 fully saturated rings. The van der Waals surface area contributed by atoms with Crippen LogP contribution >= 0.6 is 0 Å². The molecule has 0 atom stereocenters. The van der Waals surface area contributed by atoms with Gasteiger partial charge in [-0.05, 0) is 37.3 Å². The molecule has 4 aromatic rings. The molecule has 0 saturated carbocycles. The molecule has 0 saturated heterocycles. The van der Waals surface area contributed by atoms with Gasteiger partial charge in [0.1, 0.15) is 0 Å². The van der Waals surface area contributed by atoms with Crippen LogP contribution in [0.15, 0.2) is 54.9 Å². The third-order valence-corrected chi connectivity index (χ3v) is 4.03. The maximum Gasteiger partial charge on any atom is 0.416 e. The maximum atomic E-state index is 12.9. The Bertz CT molecular complexity index is 1160. The molecule has 148 valence electrons. The van der Waals surface area contributed by atoms with Crippen molar-refractivity contribution in [3.63, 3.8) is 0 Å². The maximum absolute atomic E-state index is 12.9. The molecule has 29 heavy (non-hydrogen) atoms. The van der Waals surface area contributed by atoms with Crippen molar-refractivity contribution in [3.05, 3.63) is 60.4 Å². The largest absolute Gasteiger partial charge is 0.477 e. The van der Waals surface area contributed by atoms with Crippen LogP contribution in [0.4, 0.5) is 24.8 Å². The topological polar surface area (TPSA) is 77.2 Å². The summed E-state index contributed by atoms with van der Waals surface area (Å²) in [5.74, 6) is 0.615. The van der Waals surface area contributed by atoms with Gasteiger partial charge in [-0.3, -0.25) is 0 Å². The highest BCUT2D eigenvalue weighted by Gasteiger charge is 2.30. The molecule has 0 radical (unpaired) electrons. The highest BCUT2D eigenvalue weighted by molar-refractivity contribution is 5.77. The van der Waals surface area contributed by atoms with Crippen molar-refractivity contribution in [2.24, 2.45) is 0 Å². The van der Waals surface area contributed by atoms with E-state index < -0.39 is 11.7 Å². The molecular weight excluding hydrogens is 385 g/mol. The van der Waals surface area contributed by atoms with Crippen molar-refractivity contribution in [1.29, 1.82) is 0 Å². The molecule has 3 heterocycles. The number of ether oxygens (including phenoxy) is 1. The minimum atomic E-state index is -4.43. The zero-order chi connectivity index (χ0) is 20.4. The van der Waals surface area contributed by atoms with Crippen molar-refractivity contribution < 1.29 is 17.9 Å². The van der Waals surface area contributed by atoms with Gasteiger partial charge in [-0.1, -0.05) is 6.07 Å². The molecule has 0 aliphatic heterocycles. The summed E-state index contributed by atoms with van der Waals surface area (Å²) in [4.78, 5) is 8.48. The quantitative estimate of drug-likeness (QED) is 0.537. The van der Waals surface area contributed by atoms with Gasteiger partial charge in [0, 0.05) is 23.5 Å². The summed E-state index contributed by atoms with van der Waals surface area (Å²) in [7, 11) is 0. The van der Waals surface area contributed by atoms with Gasteiger partial charge in [0.15, 0.2) is 0 Å². The Morgan fingerprint density at radius 2 is 2.00 bits per heavy atom. The standard InChI is InChI=1S/C19H15F3N6O/c1-2-29-17-7-6-16-14(11-24-28(16)27-17)15-8-9-23-18(26-15)25-13-5-3-4-12(10-13)19(20,21)22/h3-11H,2H2,1H3,(H,23,25,26). The molecule has 1 N–H and O–H groups in total. The van der Waals surface area contributed by atoms with Gasteiger partial charge in [0.25, 0.3) is 0 Å². The van der Waals surface area contributed by atoms with E-state index in [4.69, 9.17) is 4.74 Å². The lowest BCUT2D eigenvalue weighted by atomic mass is 10.2. The molecule has 0 aliphatic rings. The first-order chi connectivity index (χ1) is 13.9. The van der Waals surface area contributed by atoms with Crippen LogP contribution in [0.1, 0.15) is 12.5 Å². The molecule has 0 aliphatic carbocycles. The molecule has 7 nitrogen and oxygen atoms in total. The molecule has 0 bridgehead atoms. The average molecular weight is 400 g/mol. The van der Waals surface area contributed by atoms with Crippen molar-refractivity contribution >= 4 is 17.2 Å². The normalized spacial score (nSPS) is 11.6. The molecule has 1 aromatic carbocycles. The van der Waals surface area contributed by atoms with Crippen LogP contribution in [0, 0.1) is 0 Å². The van der Waals surface area contributed by atoms with E-state index in [0.717, 1.165) is 12.1 Å². The van der Waals surface area contributed by atoms with Crippen molar-refractivity contribution in [2.45, 2.75) is 13.1 Å². The number of nitrogens with zero attached hydrogens (tertiary/aromatic N) is 5. The minimum Gasteiger partial charge on any atom is -0.477 e. The average Bonchev–Trinajstić information content (AvgIpc) is 3.11. The van der Waals surface area contributed by atoms with E-state index in [0.29, 0.717) is 29.3 Å². The Balaban J connectivity index is 1.64. The van der Waals surface area contributed by atoms with Crippen molar-refractivity contribution in [1.82, 2.24) is 24.8 Å². The summed E-state index contributed by atoms with van der Waals surface area (Å²) in [6.45, 7) is 2.35. The van der Waals surface area contributed by atoms with Crippen LogP contribution in [-0.2, 0) is 6.18 Å². The van der Waals surface area contributed by atoms with E-state index in [1.807, 2.05) is 13.0 Å². The lowest BCUT2D eigenvalue weighted by Gasteiger charge is -2.10. The molecule has 0 spiro atoms.